The first-order chi connectivity index (χ1) is 11.2. The highest BCUT2D eigenvalue weighted by Crippen LogP contribution is 2.35. The first-order valence-electron chi connectivity index (χ1n) is 6.77. The lowest BCUT2D eigenvalue weighted by atomic mass is 10.1. The fourth-order valence-electron chi connectivity index (χ4n) is 1.89. The number of hydrogen-bond donors (Lipinski definition) is 1. The molecule has 24 heavy (non-hydrogen) atoms. The van der Waals surface area contributed by atoms with Gasteiger partial charge >= 0.3 is 6.18 Å². The molecule has 0 bridgehead atoms. The summed E-state index contributed by atoms with van der Waals surface area (Å²) in [4.78, 5) is 12.1. The lowest BCUT2D eigenvalue weighted by Crippen LogP contribution is -2.31. The highest BCUT2D eigenvalue weighted by Gasteiger charge is 2.34. The van der Waals surface area contributed by atoms with Gasteiger partial charge in [0.1, 0.15) is 5.75 Å². The molecule has 0 fully saturated rings. The van der Waals surface area contributed by atoms with E-state index >= 15 is 0 Å². The van der Waals surface area contributed by atoms with Gasteiger partial charge in [0.2, 0.25) is 0 Å². The predicted octanol–water partition coefficient (Wildman–Crippen LogP) is 5.53. The number of anilines is 1. The van der Waals surface area contributed by atoms with Crippen molar-refractivity contribution in [1.82, 2.24) is 0 Å². The van der Waals surface area contributed by atoms with Crippen LogP contribution in [0.25, 0.3) is 0 Å². The van der Waals surface area contributed by atoms with Gasteiger partial charge < -0.3 is 10.1 Å². The number of benzene rings is 2. The monoisotopic (exact) mass is 421 g/mol. The molecule has 0 spiro atoms. The molecule has 0 saturated carbocycles. The van der Waals surface area contributed by atoms with Crippen LogP contribution in [0.1, 0.15) is 12.5 Å². The van der Waals surface area contributed by atoms with Gasteiger partial charge in [-0.1, -0.05) is 23.7 Å². The maximum Gasteiger partial charge on any atom is 0.418 e. The van der Waals surface area contributed by atoms with Crippen molar-refractivity contribution in [1.29, 1.82) is 0 Å². The molecule has 3 nitrogen and oxygen atoms in total. The second kappa shape index (κ2) is 7.44. The lowest BCUT2D eigenvalue weighted by Gasteiger charge is -2.18. The first-order valence-corrected chi connectivity index (χ1v) is 7.94. The van der Waals surface area contributed by atoms with Gasteiger partial charge in [0, 0.05) is 5.02 Å². The number of amides is 1. The summed E-state index contributed by atoms with van der Waals surface area (Å²) in [6, 6.07) is 9.46. The summed E-state index contributed by atoms with van der Waals surface area (Å²) in [5, 5.41) is 2.72. The quantitative estimate of drug-likeness (QED) is 0.704. The second-order valence-electron chi connectivity index (χ2n) is 4.87. The Kier molecular flexibility index (Phi) is 5.77. The largest absolute Gasteiger partial charge is 0.480 e. The van der Waals surface area contributed by atoms with Crippen molar-refractivity contribution in [2.45, 2.75) is 19.2 Å². The maximum atomic E-state index is 12.9. The highest BCUT2D eigenvalue weighted by atomic mass is 79.9. The van der Waals surface area contributed by atoms with E-state index in [1.54, 1.807) is 18.2 Å². The molecule has 1 N–H and O–H groups in total. The molecule has 0 saturated heterocycles. The number of halogens is 5. The molecule has 2 aromatic carbocycles. The SMILES string of the molecule is CC(Oc1ccc(Cl)cc1Br)C(=O)Nc1ccccc1C(F)(F)F. The molecule has 0 aliphatic carbocycles. The smallest absolute Gasteiger partial charge is 0.418 e. The number of carbonyl (C=O) groups excluding carboxylic acids is 1. The summed E-state index contributed by atoms with van der Waals surface area (Å²) in [6.07, 6.45) is -5.57. The Bertz CT molecular complexity index is 752. The van der Waals surface area contributed by atoms with Crippen LogP contribution in [0, 0.1) is 0 Å². The van der Waals surface area contributed by atoms with Crippen LogP contribution in [0.2, 0.25) is 5.02 Å². The number of carbonyl (C=O) groups is 1. The van der Waals surface area contributed by atoms with E-state index < -0.39 is 23.8 Å². The standard InChI is InChI=1S/C16H12BrClF3NO2/c1-9(24-14-7-6-10(18)8-12(14)17)15(23)22-13-5-3-2-4-11(13)16(19,20)21/h2-9H,1H3,(H,22,23). The molecule has 8 heteroatoms. The van der Waals surface area contributed by atoms with Gasteiger partial charge in [-0.25, -0.2) is 0 Å². The van der Waals surface area contributed by atoms with E-state index in [9.17, 15) is 18.0 Å². The van der Waals surface area contributed by atoms with Crippen LogP contribution in [0.5, 0.6) is 5.75 Å². The van der Waals surface area contributed by atoms with Crippen molar-refractivity contribution in [3.8, 4) is 5.75 Å². The van der Waals surface area contributed by atoms with Crippen molar-refractivity contribution in [3.05, 3.63) is 57.5 Å². The van der Waals surface area contributed by atoms with E-state index in [2.05, 4.69) is 21.2 Å². The normalized spacial score (nSPS) is 12.6. The molecule has 0 radical (unpaired) electrons. The van der Waals surface area contributed by atoms with Crippen LogP contribution < -0.4 is 10.1 Å². The first kappa shape index (κ1) is 18.6. The fraction of sp³-hybridized carbons (Fsp3) is 0.188. The Morgan fingerprint density at radius 1 is 1.25 bits per heavy atom. The number of para-hydroxylation sites is 1. The number of alkyl halides is 3. The molecule has 0 heterocycles. The molecule has 2 aromatic rings. The number of rotatable bonds is 4. The Hall–Kier alpha value is -1.73. The van der Waals surface area contributed by atoms with Gasteiger partial charge in [-0.05, 0) is 53.2 Å². The van der Waals surface area contributed by atoms with E-state index in [-0.39, 0.29) is 5.69 Å². The number of ether oxygens (including phenoxy) is 1. The summed E-state index contributed by atoms with van der Waals surface area (Å²) in [6.45, 7) is 1.44. The van der Waals surface area contributed by atoms with E-state index in [0.29, 0.717) is 15.2 Å². The summed E-state index contributed by atoms with van der Waals surface area (Å²) < 4.78 is 44.8. The second-order valence-corrected chi connectivity index (χ2v) is 6.16. The van der Waals surface area contributed by atoms with Crippen molar-refractivity contribution in [2.24, 2.45) is 0 Å². The molecule has 1 amide bonds. The summed E-state index contributed by atoms with van der Waals surface area (Å²) in [5.74, 6) is -0.347. The zero-order chi connectivity index (χ0) is 17.9. The molecule has 2 rings (SSSR count). The van der Waals surface area contributed by atoms with Crippen LogP contribution in [0.3, 0.4) is 0 Å². The average molecular weight is 423 g/mol. The minimum atomic E-state index is -4.56. The van der Waals surface area contributed by atoms with Crippen LogP contribution in [0.4, 0.5) is 18.9 Å². The number of hydrogen-bond acceptors (Lipinski definition) is 2. The van der Waals surface area contributed by atoms with E-state index in [4.69, 9.17) is 16.3 Å². The topological polar surface area (TPSA) is 38.3 Å². The van der Waals surface area contributed by atoms with Crippen LogP contribution in [-0.4, -0.2) is 12.0 Å². The van der Waals surface area contributed by atoms with Crippen molar-refractivity contribution >= 4 is 39.1 Å². The maximum absolute atomic E-state index is 12.9. The molecule has 0 aliphatic rings. The zero-order valence-electron chi connectivity index (χ0n) is 12.3. The minimum Gasteiger partial charge on any atom is -0.480 e. The van der Waals surface area contributed by atoms with Gasteiger partial charge in [0.25, 0.3) is 5.91 Å². The fourth-order valence-corrected chi connectivity index (χ4v) is 2.66. The van der Waals surface area contributed by atoms with Crippen molar-refractivity contribution < 1.29 is 22.7 Å². The molecular formula is C16H12BrClF3NO2. The molecule has 128 valence electrons. The number of nitrogens with one attached hydrogen (secondary N) is 1. The Morgan fingerprint density at radius 2 is 1.92 bits per heavy atom. The lowest BCUT2D eigenvalue weighted by molar-refractivity contribution is -0.137. The minimum absolute atomic E-state index is 0.319. The van der Waals surface area contributed by atoms with Gasteiger partial charge in [-0.3, -0.25) is 4.79 Å². The molecular weight excluding hydrogens is 411 g/mol. The van der Waals surface area contributed by atoms with Crippen LogP contribution >= 0.6 is 27.5 Å². The molecule has 1 atom stereocenters. The van der Waals surface area contributed by atoms with Crippen molar-refractivity contribution in [3.63, 3.8) is 0 Å². The third kappa shape index (κ3) is 4.64. The van der Waals surface area contributed by atoms with E-state index in [1.165, 1.54) is 25.1 Å². The van der Waals surface area contributed by atoms with Gasteiger partial charge in [0.05, 0.1) is 15.7 Å². The van der Waals surface area contributed by atoms with Crippen LogP contribution in [-0.2, 0) is 11.0 Å². The predicted molar refractivity (Wildman–Crippen MR) is 89.3 cm³/mol. The summed E-state index contributed by atoms with van der Waals surface area (Å²) >= 11 is 9.05. The summed E-state index contributed by atoms with van der Waals surface area (Å²) in [5.41, 5.74) is -1.24. The molecule has 0 aliphatic heterocycles. The average Bonchev–Trinajstić information content (AvgIpc) is 2.49. The van der Waals surface area contributed by atoms with Gasteiger partial charge in [0.15, 0.2) is 6.10 Å². The molecule has 0 aromatic heterocycles. The highest BCUT2D eigenvalue weighted by molar-refractivity contribution is 9.10. The van der Waals surface area contributed by atoms with Gasteiger partial charge in [-0.2, -0.15) is 13.2 Å². The van der Waals surface area contributed by atoms with Crippen molar-refractivity contribution in [2.75, 3.05) is 5.32 Å². The van der Waals surface area contributed by atoms with Gasteiger partial charge in [-0.15, -0.1) is 0 Å². The zero-order valence-corrected chi connectivity index (χ0v) is 14.7. The Labute approximate surface area is 149 Å². The third-order valence-corrected chi connectivity index (χ3v) is 3.91. The summed E-state index contributed by atoms with van der Waals surface area (Å²) in [7, 11) is 0. The Morgan fingerprint density at radius 3 is 2.54 bits per heavy atom. The Balaban J connectivity index is 2.13. The van der Waals surface area contributed by atoms with E-state index in [1.807, 2.05) is 0 Å². The third-order valence-electron chi connectivity index (χ3n) is 3.06. The van der Waals surface area contributed by atoms with E-state index in [0.717, 1.165) is 6.07 Å². The van der Waals surface area contributed by atoms with Crippen LogP contribution in [0.15, 0.2) is 46.9 Å². The molecule has 1 unspecified atom stereocenters.